The predicted molar refractivity (Wildman–Crippen MR) is 89.9 cm³/mol. The van der Waals surface area contributed by atoms with Crippen LogP contribution in [0.2, 0.25) is 0 Å². The second-order valence-electron chi connectivity index (χ2n) is 6.08. The van der Waals surface area contributed by atoms with Crippen molar-refractivity contribution in [3.63, 3.8) is 0 Å². The van der Waals surface area contributed by atoms with E-state index in [2.05, 4.69) is 5.32 Å². The number of carboxylic acids is 2. The van der Waals surface area contributed by atoms with Crippen molar-refractivity contribution in [2.75, 3.05) is 6.54 Å². The molecule has 1 aromatic carbocycles. The van der Waals surface area contributed by atoms with Gasteiger partial charge >= 0.3 is 11.9 Å². The molecular weight excluding hydrogens is 364 g/mol. The standard InChI is InChI=1S/C16H20N2O7S/c1-10-4-6-11(7-5-10)26(24,25)18-8-2-3-13(18)15(21)17-12(16(22)23)9-14(19)20/h4-7,12-13H,2-3,8-9H2,1H3,(H,17,21)(H,19,20)(H,22,23)/t12-,13-/m0/s1. The number of hydrogen-bond donors (Lipinski definition) is 3. The molecule has 0 radical (unpaired) electrons. The Morgan fingerprint density at radius 1 is 1.23 bits per heavy atom. The van der Waals surface area contributed by atoms with Crippen molar-refractivity contribution in [2.24, 2.45) is 0 Å². The van der Waals surface area contributed by atoms with Gasteiger partial charge in [0.15, 0.2) is 0 Å². The van der Waals surface area contributed by atoms with E-state index >= 15 is 0 Å². The second-order valence-corrected chi connectivity index (χ2v) is 7.97. The summed E-state index contributed by atoms with van der Waals surface area (Å²) in [6, 6.07) is 3.49. The molecule has 26 heavy (non-hydrogen) atoms. The van der Waals surface area contributed by atoms with Gasteiger partial charge < -0.3 is 15.5 Å². The van der Waals surface area contributed by atoms with Crippen LogP contribution < -0.4 is 5.32 Å². The molecule has 1 fully saturated rings. The van der Waals surface area contributed by atoms with Crippen molar-refractivity contribution in [3.05, 3.63) is 29.8 Å². The highest BCUT2D eigenvalue weighted by atomic mass is 32.2. The lowest BCUT2D eigenvalue weighted by Gasteiger charge is -2.24. The highest BCUT2D eigenvalue weighted by molar-refractivity contribution is 7.89. The van der Waals surface area contributed by atoms with Crippen LogP contribution in [0.3, 0.4) is 0 Å². The molecule has 0 spiro atoms. The molecule has 1 aliphatic heterocycles. The number of amides is 1. The molecule has 0 bridgehead atoms. The van der Waals surface area contributed by atoms with Crippen LogP contribution in [0.4, 0.5) is 0 Å². The van der Waals surface area contributed by atoms with Gasteiger partial charge in [0.1, 0.15) is 12.1 Å². The van der Waals surface area contributed by atoms with E-state index in [4.69, 9.17) is 10.2 Å². The van der Waals surface area contributed by atoms with Crippen molar-refractivity contribution < 1.29 is 33.0 Å². The Labute approximate surface area is 150 Å². The van der Waals surface area contributed by atoms with Crippen LogP contribution in [0, 0.1) is 6.92 Å². The highest BCUT2D eigenvalue weighted by Crippen LogP contribution is 2.26. The number of aryl methyl sites for hydroxylation is 1. The lowest BCUT2D eigenvalue weighted by molar-refractivity contribution is -0.147. The first-order chi connectivity index (χ1) is 12.1. The Balaban J connectivity index is 2.20. The molecular formula is C16H20N2O7S. The summed E-state index contributed by atoms with van der Waals surface area (Å²) in [6.07, 6.45) is -0.116. The van der Waals surface area contributed by atoms with Gasteiger partial charge in [-0.3, -0.25) is 9.59 Å². The lowest BCUT2D eigenvalue weighted by Crippen LogP contribution is -2.51. The number of carboxylic acid groups (broad SMARTS) is 2. The molecule has 0 aromatic heterocycles. The van der Waals surface area contributed by atoms with Gasteiger partial charge in [0.05, 0.1) is 11.3 Å². The zero-order valence-corrected chi connectivity index (χ0v) is 14.9. The summed E-state index contributed by atoms with van der Waals surface area (Å²) in [5.41, 5.74) is 0.887. The van der Waals surface area contributed by atoms with Crippen molar-refractivity contribution in [3.8, 4) is 0 Å². The van der Waals surface area contributed by atoms with E-state index in [0.29, 0.717) is 6.42 Å². The first-order valence-electron chi connectivity index (χ1n) is 7.96. The summed E-state index contributed by atoms with van der Waals surface area (Å²) in [6.45, 7) is 1.95. The van der Waals surface area contributed by atoms with E-state index in [1.807, 2.05) is 6.92 Å². The average molecular weight is 384 g/mol. The van der Waals surface area contributed by atoms with E-state index < -0.39 is 46.4 Å². The van der Waals surface area contributed by atoms with E-state index in [0.717, 1.165) is 9.87 Å². The van der Waals surface area contributed by atoms with Crippen molar-refractivity contribution in [2.45, 2.75) is 43.2 Å². The Morgan fingerprint density at radius 3 is 2.38 bits per heavy atom. The molecule has 9 nitrogen and oxygen atoms in total. The third-order valence-electron chi connectivity index (χ3n) is 4.13. The SMILES string of the molecule is Cc1ccc(S(=O)(=O)N2CCC[C@H]2C(=O)N[C@@H](CC(=O)O)C(=O)O)cc1. The number of benzene rings is 1. The third kappa shape index (κ3) is 4.38. The Bertz CT molecular complexity index is 804. The Morgan fingerprint density at radius 2 is 1.85 bits per heavy atom. The topological polar surface area (TPSA) is 141 Å². The number of sulfonamides is 1. The monoisotopic (exact) mass is 384 g/mol. The number of nitrogens with one attached hydrogen (secondary N) is 1. The summed E-state index contributed by atoms with van der Waals surface area (Å²) >= 11 is 0. The van der Waals surface area contributed by atoms with Crippen LogP contribution in [-0.2, 0) is 24.4 Å². The van der Waals surface area contributed by atoms with E-state index in [9.17, 15) is 22.8 Å². The first kappa shape index (κ1) is 19.9. The Kier molecular flexibility index (Phi) is 5.98. The third-order valence-corrected chi connectivity index (χ3v) is 6.05. The molecule has 1 heterocycles. The van der Waals surface area contributed by atoms with Crippen molar-refractivity contribution in [1.29, 1.82) is 0 Å². The maximum atomic E-state index is 12.8. The van der Waals surface area contributed by atoms with Crippen LogP contribution in [0.15, 0.2) is 29.2 Å². The molecule has 1 amide bonds. The van der Waals surface area contributed by atoms with Crippen LogP contribution >= 0.6 is 0 Å². The minimum atomic E-state index is -3.92. The van der Waals surface area contributed by atoms with Crippen LogP contribution in [0.25, 0.3) is 0 Å². The number of nitrogens with zero attached hydrogens (tertiary/aromatic N) is 1. The normalized spacial score (nSPS) is 19.0. The van der Waals surface area contributed by atoms with E-state index in [1.54, 1.807) is 12.1 Å². The fraction of sp³-hybridized carbons (Fsp3) is 0.438. The summed E-state index contributed by atoms with van der Waals surface area (Å²) < 4.78 is 26.6. The maximum absolute atomic E-state index is 12.8. The summed E-state index contributed by atoms with van der Waals surface area (Å²) in [7, 11) is -3.92. The molecule has 3 N–H and O–H groups in total. The zero-order chi connectivity index (χ0) is 19.5. The molecule has 0 unspecified atom stereocenters. The Hall–Kier alpha value is -2.46. The summed E-state index contributed by atoms with van der Waals surface area (Å²) in [4.78, 5) is 34.3. The number of aliphatic carboxylic acids is 2. The van der Waals surface area contributed by atoms with Gasteiger partial charge in [0.2, 0.25) is 15.9 Å². The fourth-order valence-corrected chi connectivity index (χ4v) is 4.43. The molecule has 142 valence electrons. The van der Waals surface area contributed by atoms with E-state index in [-0.39, 0.29) is 17.9 Å². The van der Waals surface area contributed by atoms with Gasteiger partial charge in [-0.2, -0.15) is 4.31 Å². The molecule has 10 heteroatoms. The largest absolute Gasteiger partial charge is 0.481 e. The molecule has 2 atom stereocenters. The molecule has 1 saturated heterocycles. The van der Waals surface area contributed by atoms with Gasteiger partial charge in [0.25, 0.3) is 0 Å². The van der Waals surface area contributed by atoms with Gasteiger partial charge in [-0.05, 0) is 31.9 Å². The van der Waals surface area contributed by atoms with Crippen molar-refractivity contribution >= 4 is 27.9 Å². The summed E-state index contributed by atoms with van der Waals surface area (Å²) in [5, 5.41) is 19.9. The fourth-order valence-electron chi connectivity index (χ4n) is 2.78. The molecule has 2 rings (SSSR count). The molecule has 0 saturated carbocycles. The van der Waals surface area contributed by atoms with Gasteiger partial charge in [0, 0.05) is 6.54 Å². The smallest absolute Gasteiger partial charge is 0.326 e. The summed E-state index contributed by atoms with van der Waals surface area (Å²) in [5.74, 6) is -3.69. The number of rotatable bonds is 7. The predicted octanol–water partition coefficient (Wildman–Crippen LogP) is 0.192. The number of carbonyl (C=O) groups is 3. The van der Waals surface area contributed by atoms with Crippen LogP contribution in [-0.4, -0.2) is 59.4 Å². The van der Waals surface area contributed by atoms with Gasteiger partial charge in [-0.1, -0.05) is 17.7 Å². The van der Waals surface area contributed by atoms with Crippen LogP contribution in [0.5, 0.6) is 0 Å². The van der Waals surface area contributed by atoms with E-state index in [1.165, 1.54) is 12.1 Å². The minimum Gasteiger partial charge on any atom is -0.481 e. The number of carbonyl (C=O) groups excluding carboxylic acids is 1. The quantitative estimate of drug-likeness (QED) is 0.609. The minimum absolute atomic E-state index is 0.0446. The molecule has 0 aliphatic carbocycles. The molecule has 1 aliphatic rings. The van der Waals surface area contributed by atoms with Gasteiger partial charge in [-0.15, -0.1) is 0 Å². The molecule has 1 aromatic rings. The van der Waals surface area contributed by atoms with Crippen LogP contribution in [0.1, 0.15) is 24.8 Å². The lowest BCUT2D eigenvalue weighted by atomic mass is 10.1. The average Bonchev–Trinajstić information content (AvgIpc) is 3.04. The maximum Gasteiger partial charge on any atom is 0.326 e. The highest BCUT2D eigenvalue weighted by Gasteiger charge is 2.40. The zero-order valence-electron chi connectivity index (χ0n) is 14.1. The van der Waals surface area contributed by atoms with Crippen molar-refractivity contribution in [1.82, 2.24) is 9.62 Å². The van der Waals surface area contributed by atoms with Gasteiger partial charge in [-0.25, -0.2) is 13.2 Å². The second kappa shape index (κ2) is 7.83. The first-order valence-corrected chi connectivity index (χ1v) is 9.40. The number of hydrogen-bond acceptors (Lipinski definition) is 5.